The normalized spacial score (nSPS) is 17.7. The number of hydrogen-bond acceptors (Lipinski definition) is 2. The highest BCUT2D eigenvalue weighted by Gasteiger charge is 2.24. The van der Waals surface area contributed by atoms with Crippen molar-refractivity contribution in [2.75, 3.05) is 0 Å². The summed E-state index contributed by atoms with van der Waals surface area (Å²) in [7, 11) is 0. The second-order valence-electron chi connectivity index (χ2n) is 4.88. The van der Waals surface area contributed by atoms with Gasteiger partial charge in [-0.05, 0) is 16.7 Å². The van der Waals surface area contributed by atoms with Gasteiger partial charge in [-0.3, -0.25) is 10.1 Å². The topological polar surface area (TPSA) is 55.1 Å². The number of nitrogens with one attached hydrogen (secondary N) is 1. The molecule has 3 nitrogen and oxygen atoms in total. The van der Waals surface area contributed by atoms with E-state index in [2.05, 4.69) is 29.6 Å². The van der Waals surface area contributed by atoms with Gasteiger partial charge in [-0.15, -0.1) is 0 Å². The van der Waals surface area contributed by atoms with E-state index >= 15 is 0 Å². The van der Waals surface area contributed by atoms with Crippen molar-refractivity contribution >= 4 is 12.0 Å². The van der Waals surface area contributed by atoms with Crippen molar-refractivity contribution in [1.29, 1.82) is 0 Å². The molecule has 1 aliphatic carbocycles. The van der Waals surface area contributed by atoms with Gasteiger partial charge in [0.1, 0.15) is 6.04 Å². The summed E-state index contributed by atoms with van der Waals surface area (Å²) in [6.45, 7) is 0. The fourth-order valence-electron chi connectivity index (χ4n) is 2.56. The number of amides is 1. The Morgan fingerprint density at radius 3 is 2.50 bits per heavy atom. The van der Waals surface area contributed by atoms with Gasteiger partial charge in [-0.25, -0.2) is 0 Å². The lowest BCUT2D eigenvalue weighted by molar-refractivity contribution is -0.120. The Morgan fingerprint density at radius 1 is 1.05 bits per heavy atom. The molecule has 0 bridgehead atoms. The molecule has 0 aromatic heterocycles. The van der Waals surface area contributed by atoms with Crippen LogP contribution in [0.4, 0.5) is 0 Å². The number of benzene rings is 2. The minimum absolute atomic E-state index is 0.0175. The molecule has 1 amide bonds. The highest BCUT2D eigenvalue weighted by Crippen LogP contribution is 2.30. The minimum Gasteiger partial charge on any atom is -0.368 e. The molecule has 3 rings (SSSR count). The lowest BCUT2D eigenvalue weighted by atomic mass is 10.0. The van der Waals surface area contributed by atoms with Gasteiger partial charge >= 0.3 is 0 Å². The van der Waals surface area contributed by atoms with E-state index in [0.717, 1.165) is 5.56 Å². The van der Waals surface area contributed by atoms with E-state index in [0.29, 0.717) is 0 Å². The standard InChI is InChI=1S/C17H16N2O/c18-17(20)16(13-7-2-1-3-8-13)19-15-11-10-12-6-4-5-9-14(12)15/h1-11,15-16,19H,(H2,18,20). The molecule has 0 fully saturated rings. The number of rotatable bonds is 4. The maximum atomic E-state index is 11.7. The maximum Gasteiger partial charge on any atom is 0.239 e. The first kappa shape index (κ1) is 12.6. The van der Waals surface area contributed by atoms with Gasteiger partial charge in [-0.2, -0.15) is 0 Å². The molecule has 0 aliphatic heterocycles. The van der Waals surface area contributed by atoms with E-state index in [1.807, 2.05) is 42.5 Å². The van der Waals surface area contributed by atoms with Crippen LogP contribution >= 0.6 is 0 Å². The van der Waals surface area contributed by atoms with Gasteiger partial charge in [-0.1, -0.05) is 66.7 Å². The zero-order valence-electron chi connectivity index (χ0n) is 11.0. The van der Waals surface area contributed by atoms with E-state index < -0.39 is 6.04 Å². The van der Waals surface area contributed by atoms with Crippen LogP contribution in [0, 0.1) is 0 Å². The third-order valence-corrected chi connectivity index (χ3v) is 3.56. The number of carbonyl (C=O) groups is 1. The Kier molecular flexibility index (Phi) is 3.35. The fourth-order valence-corrected chi connectivity index (χ4v) is 2.56. The molecule has 0 radical (unpaired) electrons. The second kappa shape index (κ2) is 5.31. The van der Waals surface area contributed by atoms with Gasteiger partial charge in [0.15, 0.2) is 0 Å². The molecular weight excluding hydrogens is 248 g/mol. The first-order valence-corrected chi connectivity index (χ1v) is 6.63. The molecule has 0 heterocycles. The summed E-state index contributed by atoms with van der Waals surface area (Å²) < 4.78 is 0. The molecule has 2 aromatic carbocycles. The summed E-state index contributed by atoms with van der Waals surface area (Å²) >= 11 is 0. The zero-order chi connectivity index (χ0) is 13.9. The molecule has 1 aliphatic rings. The average molecular weight is 264 g/mol. The van der Waals surface area contributed by atoms with Crippen LogP contribution in [0.3, 0.4) is 0 Å². The molecule has 2 unspecified atom stereocenters. The van der Waals surface area contributed by atoms with Crippen molar-refractivity contribution in [1.82, 2.24) is 5.32 Å². The van der Waals surface area contributed by atoms with Gasteiger partial charge in [0.25, 0.3) is 0 Å². The number of carbonyl (C=O) groups excluding carboxylic acids is 1. The summed E-state index contributed by atoms with van der Waals surface area (Å²) in [5.41, 5.74) is 8.79. The number of fused-ring (bicyclic) bond motifs is 1. The summed E-state index contributed by atoms with van der Waals surface area (Å²) in [5.74, 6) is -0.367. The quantitative estimate of drug-likeness (QED) is 0.891. The SMILES string of the molecule is NC(=O)C(NC1C=Cc2ccccc21)c1ccccc1. The van der Waals surface area contributed by atoms with Crippen LogP contribution < -0.4 is 11.1 Å². The van der Waals surface area contributed by atoms with E-state index in [-0.39, 0.29) is 11.9 Å². The number of hydrogen-bond donors (Lipinski definition) is 2. The van der Waals surface area contributed by atoms with Crippen LogP contribution in [-0.4, -0.2) is 5.91 Å². The van der Waals surface area contributed by atoms with E-state index in [4.69, 9.17) is 5.73 Å². The molecule has 2 aromatic rings. The Labute approximate surface area is 118 Å². The number of primary amides is 1. The van der Waals surface area contributed by atoms with E-state index in [1.165, 1.54) is 11.1 Å². The number of nitrogens with two attached hydrogens (primary N) is 1. The summed E-state index contributed by atoms with van der Waals surface area (Å²) in [6.07, 6.45) is 4.12. The molecule has 3 N–H and O–H groups in total. The van der Waals surface area contributed by atoms with Crippen molar-refractivity contribution in [3.8, 4) is 0 Å². The largest absolute Gasteiger partial charge is 0.368 e. The third-order valence-electron chi connectivity index (χ3n) is 3.56. The lowest BCUT2D eigenvalue weighted by Crippen LogP contribution is -2.35. The summed E-state index contributed by atoms with van der Waals surface area (Å²) in [6, 6.07) is 17.2. The zero-order valence-corrected chi connectivity index (χ0v) is 11.0. The van der Waals surface area contributed by atoms with Crippen LogP contribution in [0.15, 0.2) is 60.7 Å². The Bertz CT molecular complexity index is 649. The van der Waals surface area contributed by atoms with Crippen LogP contribution in [-0.2, 0) is 4.79 Å². The highest BCUT2D eigenvalue weighted by molar-refractivity contribution is 5.81. The molecule has 100 valence electrons. The summed E-state index contributed by atoms with van der Waals surface area (Å²) in [4.78, 5) is 11.7. The van der Waals surface area contributed by atoms with Crippen LogP contribution in [0.25, 0.3) is 6.08 Å². The summed E-state index contributed by atoms with van der Waals surface area (Å²) in [5, 5.41) is 3.33. The minimum atomic E-state index is -0.489. The van der Waals surface area contributed by atoms with Crippen molar-refractivity contribution in [2.45, 2.75) is 12.1 Å². The van der Waals surface area contributed by atoms with Gasteiger partial charge < -0.3 is 5.73 Å². The maximum absolute atomic E-state index is 11.7. The molecule has 20 heavy (non-hydrogen) atoms. The van der Waals surface area contributed by atoms with Crippen LogP contribution in [0.5, 0.6) is 0 Å². The van der Waals surface area contributed by atoms with Crippen LogP contribution in [0.1, 0.15) is 28.8 Å². The average Bonchev–Trinajstić information content (AvgIpc) is 2.88. The van der Waals surface area contributed by atoms with Crippen molar-refractivity contribution in [3.63, 3.8) is 0 Å². The Balaban J connectivity index is 1.86. The molecular formula is C17H16N2O. The van der Waals surface area contributed by atoms with Crippen molar-refractivity contribution in [2.24, 2.45) is 5.73 Å². The first-order chi connectivity index (χ1) is 9.75. The molecule has 2 atom stereocenters. The molecule has 0 saturated heterocycles. The van der Waals surface area contributed by atoms with E-state index in [9.17, 15) is 4.79 Å². The van der Waals surface area contributed by atoms with Gasteiger partial charge in [0, 0.05) is 0 Å². The van der Waals surface area contributed by atoms with E-state index in [1.54, 1.807) is 0 Å². The third kappa shape index (κ3) is 2.36. The fraction of sp³-hybridized carbons (Fsp3) is 0.118. The predicted molar refractivity (Wildman–Crippen MR) is 79.7 cm³/mol. The predicted octanol–water partition coefficient (Wildman–Crippen LogP) is 2.57. The monoisotopic (exact) mass is 264 g/mol. The second-order valence-corrected chi connectivity index (χ2v) is 4.88. The van der Waals surface area contributed by atoms with Crippen LogP contribution in [0.2, 0.25) is 0 Å². The Hall–Kier alpha value is -2.39. The molecule has 3 heteroatoms. The highest BCUT2D eigenvalue weighted by atomic mass is 16.1. The molecule has 0 saturated carbocycles. The smallest absolute Gasteiger partial charge is 0.239 e. The van der Waals surface area contributed by atoms with Gasteiger partial charge in [0.2, 0.25) is 5.91 Å². The lowest BCUT2D eigenvalue weighted by Gasteiger charge is -2.21. The first-order valence-electron chi connectivity index (χ1n) is 6.63. The Morgan fingerprint density at radius 2 is 1.75 bits per heavy atom. The van der Waals surface area contributed by atoms with Crippen molar-refractivity contribution in [3.05, 3.63) is 77.4 Å². The van der Waals surface area contributed by atoms with Crippen molar-refractivity contribution < 1.29 is 4.79 Å². The van der Waals surface area contributed by atoms with Gasteiger partial charge in [0.05, 0.1) is 6.04 Å². The molecule has 0 spiro atoms.